The fourth-order valence-electron chi connectivity index (χ4n) is 3.38. The van der Waals surface area contributed by atoms with Gasteiger partial charge >= 0.3 is 0 Å². The molecule has 1 heterocycles. The second-order valence-corrected chi connectivity index (χ2v) is 7.05. The lowest BCUT2D eigenvalue weighted by Gasteiger charge is -2.33. The number of phenols is 1. The zero-order valence-electron chi connectivity index (χ0n) is 15.3. The summed E-state index contributed by atoms with van der Waals surface area (Å²) >= 11 is 0. The first kappa shape index (κ1) is 18.3. The largest absolute Gasteiger partial charge is 0.508 e. The van der Waals surface area contributed by atoms with Gasteiger partial charge in [0.2, 0.25) is 0 Å². The predicted octanol–water partition coefficient (Wildman–Crippen LogP) is 1.02. The molecule has 0 unspecified atom stereocenters. The number of hydrogen-bond acceptors (Lipinski definition) is 3. The first-order chi connectivity index (χ1) is 12.6. The van der Waals surface area contributed by atoms with Crippen molar-refractivity contribution in [2.75, 3.05) is 44.2 Å². The van der Waals surface area contributed by atoms with Crippen molar-refractivity contribution < 1.29 is 14.8 Å². The van der Waals surface area contributed by atoms with E-state index in [1.165, 1.54) is 10.5 Å². The second-order valence-electron chi connectivity index (χ2n) is 7.05. The normalized spacial score (nSPS) is 16.3. The smallest absolute Gasteiger partial charge is 0.275 e. The van der Waals surface area contributed by atoms with E-state index in [9.17, 15) is 9.90 Å². The van der Waals surface area contributed by atoms with Crippen LogP contribution in [0.4, 0.5) is 5.69 Å². The maximum absolute atomic E-state index is 12.3. The van der Waals surface area contributed by atoms with Gasteiger partial charge in [0.15, 0.2) is 6.54 Å². The van der Waals surface area contributed by atoms with E-state index in [-0.39, 0.29) is 5.91 Å². The number of rotatable bonds is 6. The van der Waals surface area contributed by atoms with Crippen molar-refractivity contribution in [1.82, 2.24) is 5.32 Å². The molecule has 0 radical (unpaired) electrons. The number of aromatic hydroxyl groups is 1. The van der Waals surface area contributed by atoms with Crippen LogP contribution >= 0.6 is 0 Å². The van der Waals surface area contributed by atoms with Crippen molar-refractivity contribution in [3.63, 3.8) is 0 Å². The molecule has 0 aliphatic carbocycles. The Morgan fingerprint density at radius 3 is 2.42 bits per heavy atom. The van der Waals surface area contributed by atoms with Gasteiger partial charge in [-0.2, -0.15) is 0 Å². The van der Waals surface area contributed by atoms with Gasteiger partial charge in [-0.05, 0) is 35.7 Å². The summed E-state index contributed by atoms with van der Waals surface area (Å²) in [7, 11) is 0. The van der Waals surface area contributed by atoms with E-state index in [2.05, 4.69) is 29.3 Å². The van der Waals surface area contributed by atoms with Gasteiger partial charge in [0.1, 0.15) is 5.75 Å². The highest BCUT2D eigenvalue weighted by Gasteiger charge is 2.22. The number of nitrogens with zero attached hydrogens (tertiary/aromatic N) is 1. The number of anilines is 1. The van der Waals surface area contributed by atoms with E-state index < -0.39 is 0 Å². The monoisotopic (exact) mass is 354 g/mol. The van der Waals surface area contributed by atoms with Crippen LogP contribution in [-0.2, 0) is 4.79 Å². The van der Waals surface area contributed by atoms with Crippen molar-refractivity contribution in [3.05, 3.63) is 60.2 Å². The molecular formula is C21H28N3O2+. The molecule has 1 atom stereocenters. The standard InChI is InChI=1S/C21H27N3O2/c1-17(18-5-3-2-4-6-18)15-22-21(26)16-23-11-13-24(14-12-23)19-7-9-20(25)10-8-19/h2-10,17,25H,11-16H2,1H3,(H,22,26)/p+1/t17-/m0/s1. The van der Waals surface area contributed by atoms with Gasteiger partial charge in [-0.15, -0.1) is 0 Å². The van der Waals surface area contributed by atoms with E-state index in [0.717, 1.165) is 31.9 Å². The third-order valence-electron chi connectivity index (χ3n) is 5.07. The van der Waals surface area contributed by atoms with Crippen LogP contribution in [-0.4, -0.2) is 50.3 Å². The zero-order chi connectivity index (χ0) is 18.4. The van der Waals surface area contributed by atoms with Crippen LogP contribution in [0.1, 0.15) is 18.4 Å². The highest BCUT2D eigenvalue weighted by atomic mass is 16.3. The minimum absolute atomic E-state index is 0.126. The van der Waals surface area contributed by atoms with Crippen LogP contribution in [0.3, 0.4) is 0 Å². The number of carbonyl (C=O) groups excluding carboxylic acids is 1. The van der Waals surface area contributed by atoms with E-state index in [1.54, 1.807) is 12.1 Å². The van der Waals surface area contributed by atoms with Crippen molar-refractivity contribution in [1.29, 1.82) is 0 Å². The summed E-state index contributed by atoms with van der Waals surface area (Å²) in [6.45, 7) is 7.09. The lowest BCUT2D eigenvalue weighted by molar-refractivity contribution is -0.892. The summed E-state index contributed by atoms with van der Waals surface area (Å²) in [6, 6.07) is 17.6. The minimum Gasteiger partial charge on any atom is -0.508 e. The minimum atomic E-state index is 0.126. The molecule has 3 rings (SSSR count). The third-order valence-corrected chi connectivity index (χ3v) is 5.07. The first-order valence-corrected chi connectivity index (χ1v) is 9.31. The Morgan fingerprint density at radius 1 is 1.12 bits per heavy atom. The van der Waals surface area contributed by atoms with Crippen LogP contribution in [0.2, 0.25) is 0 Å². The van der Waals surface area contributed by atoms with Crippen LogP contribution in [0.25, 0.3) is 0 Å². The summed E-state index contributed by atoms with van der Waals surface area (Å²) < 4.78 is 0. The molecule has 1 amide bonds. The summed E-state index contributed by atoms with van der Waals surface area (Å²) in [5.74, 6) is 0.738. The molecule has 1 fully saturated rings. The molecule has 0 saturated carbocycles. The van der Waals surface area contributed by atoms with Gasteiger partial charge in [-0.3, -0.25) is 4.79 Å². The molecule has 138 valence electrons. The summed E-state index contributed by atoms with van der Waals surface area (Å²) in [4.78, 5) is 15.9. The molecule has 1 aliphatic rings. The molecule has 5 nitrogen and oxygen atoms in total. The molecular weight excluding hydrogens is 326 g/mol. The maximum atomic E-state index is 12.3. The Kier molecular flexibility index (Phi) is 6.12. The Balaban J connectivity index is 1.40. The highest BCUT2D eigenvalue weighted by molar-refractivity contribution is 5.76. The molecule has 0 bridgehead atoms. The number of hydrogen-bond donors (Lipinski definition) is 3. The number of phenolic OH excluding ortho intramolecular Hbond substituents is 1. The molecule has 2 aromatic rings. The second kappa shape index (κ2) is 8.72. The summed E-state index contributed by atoms with van der Waals surface area (Å²) in [5.41, 5.74) is 2.38. The molecule has 1 saturated heterocycles. The number of piperazine rings is 1. The van der Waals surface area contributed by atoms with Crippen LogP contribution in [0, 0.1) is 0 Å². The van der Waals surface area contributed by atoms with Crippen molar-refractivity contribution in [3.8, 4) is 5.75 Å². The van der Waals surface area contributed by atoms with Crippen LogP contribution < -0.4 is 15.1 Å². The Bertz CT molecular complexity index is 695. The Morgan fingerprint density at radius 2 is 1.77 bits per heavy atom. The lowest BCUT2D eigenvalue weighted by atomic mass is 10.0. The molecule has 26 heavy (non-hydrogen) atoms. The topological polar surface area (TPSA) is 57.0 Å². The molecule has 0 spiro atoms. The quantitative estimate of drug-likeness (QED) is 0.726. The van der Waals surface area contributed by atoms with Crippen molar-refractivity contribution in [2.45, 2.75) is 12.8 Å². The number of carbonyl (C=O) groups is 1. The summed E-state index contributed by atoms with van der Waals surface area (Å²) in [5, 5.41) is 12.5. The number of nitrogens with one attached hydrogen (secondary N) is 2. The molecule has 5 heteroatoms. The summed E-state index contributed by atoms with van der Waals surface area (Å²) in [6.07, 6.45) is 0. The number of amides is 1. The lowest BCUT2D eigenvalue weighted by Crippen LogP contribution is -3.16. The number of quaternary nitrogens is 1. The van der Waals surface area contributed by atoms with Crippen molar-refractivity contribution in [2.24, 2.45) is 0 Å². The average Bonchev–Trinajstić information content (AvgIpc) is 2.68. The van der Waals surface area contributed by atoms with Gasteiger partial charge in [-0.1, -0.05) is 37.3 Å². The third kappa shape index (κ3) is 4.99. The van der Waals surface area contributed by atoms with Gasteiger partial charge in [-0.25, -0.2) is 0 Å². The molecule has 2 aromatic carbocycles. The van der Waals surface area contributed by atoms with Crippen molar-refractivity contribution >= 4 is 11.6 Å². The molecule has 0 aromatic heterocycles. The van der Waals surface area contributed by atoms with E-state index in [1.807, 2.05) is 30.3 Å². The Labute approximate surface area is 155 Å². The van der Waals surface area contributed by atoms with Gasteiger partial charge in [0, 0.05) is 12.2 Å². The van der Waals surface area contributed by atoms with Crippen LogP contribution in [0.5, 0.6) is 5.75 Å². The van der Waals surface area contributed by atoms with E-state index in [4.69, 9.17) is 0 Å². The molecule has 3 N–H and O–H groups in total. The average molecular weight is 354 g/mol. The SMILES string of the molecule is C[C@@H](CNC(=O)C[NH+]1CCN(c2ccc(O)cc2)CC1)c1ccccc1. The van der Waals surface area contributed by atoms with Gasteiger partial charge in [0.05, 0.1) is 26.2 Å². The molecule has 1 aliphatic heterocycles. The van der Waals surface area contributed by atoms with Gasteiger partial charge < -0.3 is 20.2 Å². The zero-order valence-corrected chi connectivity index (χ0v) is 15.3. The predicted molar refractivity (Wildman–Crippen MR) is 104 cm³/mol. The van der Waals surface area contributed by atoms with Crippen LogP contribution in [0.15, 0.2) is 54.6 Å². The van der Waals surface area contributed by atoms with Gasteiger partial charge in [0.25, 0.3) is 5.91 Å². The van der Waals surface area contributed by atoms with E-state index >= 15 is 0 Å². The number of benzene rings is 2. The van der Waals surface area contributed by atoms with E-state index in [0.29, 0.717) is 24.8 Å². The maximum Gasteiger partial charge on any atom is 0.275 e. The fourth-order valence-corrected chi connectivity index (χ4v) is 3.38. The fraction of sp³-hybridized carbons (Fsp3) is 0.381. The highest BCUT2D eigenvalue weighted by Crippen LogP contribution is 2.18. The Hall–Kier alpha value is -2.53. The first-order valence-electron chi connectivity index (χ1n) is 9.31.